The average molecular weight is 364 g/mol. The molecule has 2 heteroatoms. The molecule has 0 atom stereocenters. The van der Waals surface area contributed by atoms with Gasteiger partial charge in [0.15, 0.2) is 0 Å². The minimum absolute atomic E-state index is 0.987. The molecule has 1 aliphatic carbocycles. The summed E-state index contributed by atoms with van der Waals surface area (Å²) in [4.78, 5) is 4.73. The highest BCUT2D eigenvalue weighted by Gasteiger charge is 2.18. The predicted molar refractivity (Wildman–Crippen MR) is 120 cm³/mol. The maximum absolute atomic E-state index is 4.73. The molecule has 2 nitrogen and oxygen atoms in total. The summed E-state index contributed by atoms with van der Waals surface area (Å²) in [5, 5.41) is 3.47. The van der Waals surface area contributed by atoms with Gasteiger partial charge in [-0.05, 0) is 65.8 Å². The minimum Gasteiger partial charge on any atom is -0.361 e. The van der Waals surface area contributed by atoms with Gasteiger partial charge in [0.1, 0.15) is 0 Å². The van der Waals surface area contributed by atoms with Crippen LogP contribution < -0.4 is 5.32 Å². The summed E-state index contributed by atoms with van der Waals surface area (Å²) in [7, 11) is 0. The van der Waals surface area contributed by atoms with Crippen molar-refractivity contribution in [2.75, 3.05) is 5.32 Å². The summed E-state index contributed by atoms with van der Waals surface area (Å²) >= 11 is 0. The van der Waals surface area contributed by atoms with E-state index in [9.17, 15) is 0 Å². The van der Waals surface area contributed by atoms with Crippen LogP contribution in [0.4, 0.5) is 11.4 Å². The molecule has 0 saturated carbocycles. The van der Waals surface area contributed by atoms with Gasteiger partial charge in [-0.25, -0.2) is 0 Å². The quantitative estimate of drug-likeness (QED) is 0.483. The standard InChI is InChI=1S/C26H24N2/c1-4-11-21(12-5-1)26-22(19-27-24-15-6-2-7-16-24)13-10-14-23(26)20-28-25-17-8-3-9-18-25/h1-9,11-12,15-20,27H,10,13-14H2/b22-19+,28-20?. The van der Waals surface area contributed by atoms with Crippen LogP contribution >= 0.6 is 0 Å². The SMILES string of the molecule is C(=Nc1ccccc1)C1=C(c2ccccc2)/C(=C/Nc2ccccc2)CCC1. The van der Waals surface area contributed by atoms with E-state index in [0.29, 0.717) is 0 Å². The van der Waals surface area contributed by atoms with Crippen molar-refractivity contribution in [1.82, 2.24) is 0 Å². The van der Waals surface area contributed by atoms with Crippen LogP contribution in [0.1, 0.15) is 24.8 Å². The van der Waals surface area contributed by atoms with Crippen molar-refractivity contribution >= 4 is 23.2 Å². The molecule has 0 bridgehead atoms. The van der Waals surface area contributed by atoms with Crippen molar-refractivity contribution in [2.45, 2.75) is 19.3 Å². The molecule has 0 amide bonds. The van der Waals surface area contributed by atoms with Crippen molar-refractivity contribution in [1.29, 1.82) is 0 Å². The molecule has 3 aromatic rings. The van der Waals surface area contributed by atoms with Gasteiger partial charge in [-0.3, -0.25) is 4.99 Å². The maximum Gasteiger partial charge on any atom is 0.0629 e. The molecule has 0 radical (unpaired) electrons. The molecule has 0 aromatic heterocycles. The van der Waals surface area contributed by atoms with E-state index in [0.717, 1.165) is 30.6 Å². The van der Waals surface area contributed by atoms with Crippen LogP contribution in [-0.2, 0) is 0 Å². The fraction of sp³-hybridized carbons (Fsp3) is 0.115. The predicted octanol–water partition coefficient (Wildman–Crippen LogP) is 7.02. The zero-order valence-corrected chi connectivity index (χ0v) is 15.9. The van der Waals surface area contributed by atoms with Crippen molar-refractivity contribution in [3.05, 3.63) is 114 Å². The second kappa shape index (κ2) is 9.01. The first-order valence-electron chi connectivity index (χ1n) is 9.79. The highest BCUT2D eigenvalue weighted by atomic mass is 14.8. The lowest BCUT2D eigenvalue weighted by molar-refractivity contribution is 0.813. The molecular weight excluding hydrogens is 340 g/mol. The lowest BCUT2D eigenvalue weighted by atomic mass is 9.84. The Labute approximate surface area is 167 Å². The second-order valence-corrected chi connectivity index (χ2v) is 6.89. The van der Waals surface area contributed by atoms with Gasteiger partial charge in [0.2, 0.25) is 0 Å². The van der Waals surface area contributed by atoms with Gasteiger partial charge in [-0.1, -0.05) is 66.7 Å². The largest absolute Gasteiger partial charge is 0.361 e. The van der Waals surface area contributed by atoms with Crippen LogP contribution in [0, 0.1) is 0 Å². The smallest absolute Gasteiger partial charge is 0.0629 e. The van der Waals surface area contributed by atoms with Gasteiger partial charge in [0.25, 0.3) is 0 Å². The number of nitrogens with zero attached hydrogens (tertiary/aromatic N) is 1. The Hall–Kier alpha value is -3.39. The molecule has 0 aliphatic heterocycles. The molecule has 0 unspecified atom stereocenters. The number of aliphatic imine (C=N–C) groups is 1. The van der Waals surface area contributed by atoms with Crippen molar-refractivity contribution in [3.63, 3.8) is 0 Å². The Morgan fingerprint density at radius 3 is 2.07 bits per heavy atom. The minimum atomic E-state index is 0.987. The fourth-order valence-electron chi connectivity index (χ4n) is 3.55. The van der Waals surface area contributed by atoms with Gasteiger partial charge in [-0.2, -0.15) is 0 Å². The summed E-state index contributed by atoms with van der Waals surface area (Å²) < 4.78 is 0. The van der Waals surface area contributed by atoms with Gasteiger partial charge >= 0.3 is 0 Å². The first kappa shape index (κ1) is 18.0. The number of anilines is 1. The van der Waals surface area contributed by atoms with Crippen LogP contribution in [0.3, 0.4) is 0 Å². The molecule has 1 N–H and O–H groups in total. The molecular formula is C26H24N2. The highest BCUT2D eigenvalue weighted by Crippen LogP contribution is 2.36. The van der Waals surface area contributed by atoms with E-state index in [4.69, 9.17) is 4.99 Å². The van der Waals surface area contributed by atoms with Crippen molar-refractivity contribution < 1.29 is 0 Å². The average Bonchev–Trinajstić information content (AvgIpc) is 2.78. The summed E-state index contributed by atoms with van der Waals surface area (Å²) in [6.45, 7) is 0. The number of allylic oxidation sites excluding steroid dienone is 3. The van der Waals surface area contributed by atoms with Gasteiger partial charge in [0, 0.05) is 18.1 Å². The van der Waals surface area contributed by atoms with Crippen LogP contribution in [0.25, 0.3) is 5.57 Å². The number of nitrogens with one attached hydrogen (secondary N) is 1. The number of rotatable bonds is 5. The summed E-state index contributed by atoms with van der Waals surface area (Å²) in [5.74, 6) is 0. The van der Waals surface area contributed by atoms with Crippen LogP contribution in [-0.4, -0.2) is 6.21 Å². The highest BCUT2D eigenvalue weighted by molar-refractivity contribution is 5.98. The monoisotopic (exact) mass is 364 g/mol. The van der Waals surface area contributed by atoms with E-state index in [1.54, 1.807) is 0 Å². The molecule has 0 fully saturated rings. The number of hydrogen-bond donors (Lipinski definition) is 1. The Morgan fingerprint density at radius 1 is 0.714 bits per heavy atom. The normalized spacial score (nSPS) is 15.9. The van der Waals surface area contributed by atoms with E-state index < -0.39 is 0 Å². The third kappa shape index (κ3) is 4.47. The first-order valence-corrected chi connectivity index (χ1v) is 9.79. The van der Waals surface area contributed by atoms with Gasteiger partial charge in [-0.15, -0.1) is 0 Å². The van der Waals surface area contributed by atoms with Crippen LogP contribution in [0.15, 0.2) is 113 Å². The lowest BCUT2D eigenvalue weighted by Crippen LogP contribution is -2.06. The summed E-state index contributed by atoms with van der Waals surface area (Å²) in [5.41, 5.74) is 7.26. The van der Waals surface area contributed by atoms with E-state index in [1.807, 2.05) is 54.7 Å². The third-order valence-electron chi connectivity index (χ3n) is 4.91. The molecule has 1 aliphatic rings. The number of benzene rings is 3. The van der Waals surface area contributed by atoms with Gasteiger partial charge < -0.3 is 5.32 Å². The van der Waals surface area contributed by atoms with E-state index in [2.05, 4.69) is 54.0 Å². The molecule has 3 aromatic carbocycles. The first-order chi connectivity index (χ1) is 13.9. The van der Waals surface area contributed by atoms with Crippen molar-refractivity contribution in [2.24, 2.45) is 4.99 Å². The van der Waals surface area contributed by atoms with E-state index in [-0.39, 0.29) is 0 Å². The van der Waals surface area contributed by atoms with E-state index >= 15 is 0 Å². The third-order valence-corrected chi connectivity index (χ3v) is 4.91. The second-order valence-electron chi connectivity index (χ2n) is 6.89. The molecule has 4 rings (SSSR count). The lowest BCUT2D eigenvalue weighted by Gasteiger charge is -2.22. The molecule has 138 valence electrons. The van der Waals surface area contributed by atoms with Crippen molar-refractivity contribution in [3.8, 4) is 0 Å². The maximum atomic E-state index is 4.73. The zero-order valence-electron chi connectivity index (χ0n) is 15.9. The topological polar surface area (TPSA) is 24.4 Å². The molecule has 28 heavy (non-hydrogen) atoms. The van der Waals surface area contributed by atoms with Gasteiger partial charge in [0.05, 0.1) is 5.69 Å². The zero-order chi connectivity index (χ0) is 19.0. The molecule has 0 heterocycles. The molecule has 0 spiro atoms. The summed E-state index contributed by atoms with van der Waals surface area (Å²) in [6.07, 6.45) is 7.45. The number of hydrogen-bond acceptors (Lipinski definition) is 2. The Bertz CT molecular complexity index is 984. The Kier molecular flexibility index (Phi) is 5.79. The van der Waals surface area contributed by atoms with Crippen LogP contribution in [0.2, 0.25) is 0 Å². The summed E-state index contributed by atoms with van der Waals surface area (Å²) in [6, 6.07) is 31.1. The fourth-order valence-corrected chi connectivity index (χ4v) is 3.55. The number of para-hydroxylation sites is 2. The molecule has 0 saturated heterocycles. The van der Waals surface area contributed by atoms with E-state index in [1.165, 1.54) is 22.3 Å². The Balaban J connectivity index is 1.72. The van der Waals surface area contributed by atoms with Crippen LogP contribution in [0.5, 0.6) is 0 Å². The Morgan fingerprint density at radius 2 is 1.36 bits per heavy atom.